The third-order valence-electron chi connectivity index (χ3n) is 1.91. The lowest BCUT2D eigenvalue weighted by Crippen LogP contribution is -2.32. The molecule has 2 atom stereocenters. The van der Waals surface area contributed by atoms with E-state index < -0.39 is 0 Å². The molecule has 70 valence electrons. The van der Waals surface area contributed by atoms with Crippen molar-refractivity contribution in [1.29, 1.82) is 0 Å². The van der Waals surface area contributed by atoms with Gasteiger partial charge in [-0.2, -0.15) is 0 Å². The molecule has 1 heterocycles. The second kappa shape index (κ2) is 5.30. The van der Waals surface area contributed by atoms with Crippen molar-refractivity contribution in [2.75, 3.05) is 20.3 Å². The van der Waals surface area contributed by atoms with E-state index >= 15 is 0 Å². The van der Waals surface area contributed by atoms with Crippen LogP contribution in [0.25, 0.3) is 0 Å². The van der Waals surface area contributed by atoms with Gasteiger partial charge in [0.05, 0.1) is 19.3 Å². The van der Waals surface area contributed by atoms with Crippen molar-refractivity contribution in [2.45, 2.75) is 25.2 Å². The summed E-state index contributed by atoms with van der Waals surface area (Å²) in [5, 5.41) is 0. The Kier molecular flexibility index (Phi) is 4.29. The maximum Gasteiger partial charge on any atom is 0.157 e. The van der Waals surface area contributed by atoms with E-state index in [1.165, 1.54) is 0 Å². The van der Waals surface area contributed by atoms with Gasteiger partial charge in [0.1, 0.15) is 0 Å². The Labute approximate surface area is 73.3 Å². The van der Waals surface area contributed by atoms with Crippen molar-refractivity contribution in [3.8, 4) is 0 Å². The van der Waals surface area contributed by atoms with E-state index in [1.54, 1.807) is 13.2 Å². The van der Waals surface area contributed by atoms with E-state index in [1.807, 2.05) is 0 Å². The maximum absolute atomic E-state index is 5.43. The molecule has 0 amide bonds. The Bertz CT molecular complexity index is 128. The summed E-state index contributed by atoms with van der Waals surface area (Å²) < 4.78 is 15.8. The second-order valence-electron chi connectivity index (χ2n) is 2.82. The van der Waals surface area contributed by atoms with Gasteiger partial charge >= 0.3 is 0 Å². The smallest absolute Gasteiger partial charge is 0.157 e. The highest BCUT2D eigenvalue weighted by Gasteiger charge is 2.20. The van der Waals surface area contributed by atoms with Crippen LogP contribution in [0.15, 0.2) is 12.7 Å². The van der Waals surface area contributed by atoms with Crippen molar-refractivity contribution in [3.63, 3.8) is 0 Å². The van der Waals surface area contributed by atoms with Crippen LogP contribution in [0.3, 0.4) is 0 Å². The predicted molar refractivity (Wildman–Crippen MR) is 45.9 cm³/mol. The number of hydrogen-bond acceptors (Lipinski definition) is 3. The first-order valence-corrected chi connectivity index (χ1v) is 4.23. The van der Waals surface area contributed by atoms with Crippen molar-refractivity contribution >= 4 is 0 Å². The number of hydrogen-bond donors (Lipinski definition) is 0. The highest BCUT2D eigenvalue weighted by Crippen LogP contribution is 2.16. The van der Waals surface area contributed by atoms with E-state index in [0.717, 1.165) is 12.8 Å². The van der Waals surface area contributed by atoms with Gasteiger partial charge in [0.15, 0.2) is 6.29 Å². The summed E-state index contributed by atoms with van der Waals surface area (Å²) in [6, 6.07) is 0. The number of ether oxygens (including phenoxy) is 3. The minimum absolute atomic E-state index is 0.0337. The zero-order valence-corrected chi connectivity index (χ0v) is 7.49. The van der Waals surface area contributed by atoms with Crippen LogP contribution >= 0.6 is 0 Å². The van der Waals surface area contributed by atoms with E-state index in [4.69, 9.17) is 14.2 Å². The molecule has 3 nitrogen and oxygen atoms in total. The summed E-state index contributed by atoms with van der Waals surface area (Å²) in [6.07, 6.45) is 3.86. The van der Waals surface area contributed by atoms with Crippen LogP contribution in [0.4, 0.5) is 0 Å². The Balaban J connectivity index is 2.12. The molecule has 0 radical (unpaired) electrons. The summed E-state index contributed by atoms with van der Waals surface area (Å²) in [4.78, 5) is 0. The van der Waals surface area contributed by atoms with Crippen LogP contribution in [0.2, 0.25) is 0 Å². The van der Waals surface area contributed by atoms with Gasteiger partial charge in [-0.1, -0.05) is 6.08 Å². The van der Waals surface area contributed by atoms with Gasteiger partial charge in [-0.25, -0.2) is 0 Å². The zero-order chi connectivity index (χ0) is 8.81. The molecular formula is C9H16O3. The van der Waals surface area contributed by atoms with Gasteiger partial charge in [0.2, 0.25) is 0 Å². The van der Waals surface area contributed by atoms with E-state index in [9.17, 15) is 0 Å². The highest BCUT2D eigenvalue weighted by molar-refractivity contribution is 4.69. The second-order valence-corrected chi connectivity index (χ2v) is 2.82. The van der Waals surface area contributed by atoms with Crippen LogP contribution in [0.5, 0.6) is 0 Å². The molecule has 0 spiro atoms. The maximum atomic E-state index is 5.43. The number of methoxy groups -OCH3 is 1. The van der Waals surface area contributed by atoms with Gasteiger partial charge in [-0.05, 0) is 6.42 Å². The average molecular weight is 172 g/mol. The molecule has 0 N–H and O–H groups in total. The SMILES string of the molecule is C=CCO[C@@H]1CC[C@H](OC)OC1. The molecule has 3 heteroatoms. The lowest BCUT2D eigenvalue weighted by molar-refractivity contribution is -0.180. The number of rotatable bonds is 4. The fraction of sp³-hybridized carbons (Fsp3) is 0.778. The topological polar surface area (TPSA) is 27.7 Å². The summed E-state index contributed by atoms with van der Waals surface area (Å²) in [5.41, 5.74) is 0. The van der Waals surface area contributed by atoms with Crippen LogP contribution in [0, 0.1) is 0 Å². The van der Waals surface area contributed by atoms with Crippen molar-refractivity contribution in [1.82, 2.24) is 0 Å². The molecule has 0 aromatic rings. The molecule has 0 unspecified atom stereocenters. The molecule has 1 aliphatic heterocycles. The van der Waals surface area contributed by atoms with E-state index in [2.05, 4.69) is 6.58 Å². The largest absolute Gasteiger partial charge is 0.372 e. The molecule has 0 aliphatic carbocycles. The molecule has 12 heavy (non-hydrogen) atoms. The van der Waals surface area contributed by atoms with Gasteiger partial charge in [0.25, 0.3) is 0 Å². The lowest BCUT2D eigenvalue weighted by Gasteiger charge is -2.27. The first-order valence-electron chi connectivity index (χ1n) is 4.23. The molecule has 1 rings (SSSR count). The Morgan fingerprint density at radius 3 is 2.92 bits per heavy atom. The molecule has 0 aromatic carbocycles. The normalized spacial score (nSPS) is 30.1. The van der Waals surface area contributed by atoms with Crippen molar-refractivity contribution in [3.05, 3.63) is 12.7 Å². The Morgan fingerprint density at radius 2 is 2.42 bits per heavy atom. The fourth-order valence-corrected chi connectivity index (χ4v) is 1.22. The Morgan fingerprint density at radius 1 is 1.58 bits per heavy atom. The van der Waals surface area contributed by atoms with Crippen LogP contribution < -0.4 is 0 Å². The third-order valence-corrected chi connectivity index (χ3v) is 1.91. The first-order chi connectivity index (χ1) is 5.86. The molecular weight excluding hydrogens is 156 g/mol. The monoisotopic (exact) mass is 172 g/mol. The summed E-state index contributed by atoms with van der Waals surface area (Å²) in [7, 11) is 1.66. The predicted octanol–water partition coefficient (Wildman–Crippen LogP) is 1.34. The van der Waals surface area contributed by atoms with E-state index in [-0.39, 0.29) is 12.4 Å². The molecule has 0 saturated carbocycles. The van der Waals surface area contributed by atoms with Crippen LogP contribution in [0.1, 0.15) is 12.8 Å². The van der Waals surface area contributed by atoms with Gasteiger partial charge < -0.3 is 14.2 Å². The summed E-state index contributed by atoms with van der Waals surface area (Å²) in [6.45, 7) is 4.82. The van der Waals surface area contributed by atoms with Crippen molar-refractivity contribution < 1.29 is 14.2 Å². The minimum Gasteiger partial charge on any atom is -0.372 e. The van der Waals surface area contributed by atoms with Crippen LogP contribution in [-0.2, 0) is 14.2 Å². The van der Waals surface area contributed by atoms with Crippen molar-refractivity contribution in [2.24, 2.45) is 0 Å². The summed E-state index contributed by atoms with van der Waals surface area (Å²) in [5.74, 6) is 0. The molecule has 0 bridgehead atoms. The minimum atomic E-state index is -0.0337. The quantitative estimate of drug-likeness (QED) is 0.599. The average Bonchev–Trinajstić information content (AvgIpc) is 2.15. The fourth-order valence-electron chi connectivity index (χ4n) is 1.22. The zero-order valence-electron chi connectivity index (χ0n) is 7.49. The molecule has 0 aromatic heterocycles. The standard InChI is InChI=1S/C9H16O3/c1-3-6-11-8-4-5-9(10-2)12-7-8/h3,8-9H,1,4-7H2,2H3/t8-,9-/m1/s1. The molecule has 1 aliphatic rings. The van der Waals surface area contributed by atoms with Gasteiger partial charge in [-0.3, -0.25) is 0 Å². The molecule has 1 saturated heterocycles. The van der Waals surface area contributed by atoms with Crippen LogP contribution in [-0.4, -0.2) is 32.7 Å². The molecule has 1 fully saturated rings. The first kappa shape index (κ1) is 9.71. The summed E-state index contributed by atoms with van der Waals surface area (Å²) >= 11 is 0. The lowest BCUT2D eigenvalue weighted by atomic mass is 10.1. The third kappa shape index (κ3) is 2.93. The van der Waals surface area contributed by atoms with Gasteiger partial charge in [0, 0.05) is 13.5 Å². The van der Waals surface area contributed by atoms with Gasteiger partial charge in [-0.15, -0.1) is 6.58 Å². The van der Waals surface area contributed by atoms with E-state index in [0.29, 0.717) is 13.2 Å². The highest BCUT2D eigenvalue weighted by atomic mass is 16.7. The Hall–Kier alpha value is -0.380.